The van der Waals surface area contributed by atoms with E-state index in [4.69, 9.17) is 18.5 Å². The number of benzene rings is 1. The molecule has 206 valence electrons. The number of aliphatic hydroxyl groups is 1. The number of hydrogen-bond donors (Lipinski definition) is 3. The summed E-state index contributed by atoms with van der Waals surface area (Å²) in [6, 6.07) is 6.04. The maximum Gasteiger partial charge on any atom is 0.459 e. The fourth-order valence-electron chi connectivity index (χ4n) is 3.86. The third-order valence-corrected chi connectivity index (χ3v) is 7.49. The number of urea groups is 1. The molecule has 2 fully saturated rings. The monoisotopic (exact) mass is 545 g/mol. The summed E-state index contributed by atoms with van der Waals surface area (Å²) in [7, 11) is -4.30. The van der Waals surface area contributed by atoms with Crippen molar-refractivity contribution in [3.63, 3.8) is 0 Å². The quantitative estimate of drug-likeness (QED) is 0.294. The Morgan fingerprint density at radius 2 is 1.97 bits per heavy atom. The number of ether oxygens (including phenoxy) is 2. The van der Waals surface area contributed by atoms with E-state index in [9.17, 15) is 24.1 Å². The zero-order chi connectivity index (χ0) is 27.5. The summed E-state index contributed by atoms with van der Waals surface area (Å²) in [6.07, 6.45) is -5.12. The number of rotatable bonds is 10. The van der Waals surface area contributed by atoms with Crippen molar-refractivity contribution in [2.24, 2.45) is 5.92 Å². The number of amides is 3. The lowest BCUT2D eigenvalue weighted by atomic mass is 9.97. The topological polar surface area (TPSA) is 153 Å². The Morgan fingerprint density at radius 3 is 2.59 bits per heavy atom. The molecule has 14 heteroatoms. The average molecular weight is 546 g/mol. The molecular weight excluding hydrogens is 512 g/mol. The molecule has 0 spiro atoms. The Labute approximate surface area is 214 Å². The van der Waals surface area contributed by atoms with Crippen LogP contribution in [0.5, 0.6) is 5.75 Å². The summed E-state index contributed by atoms with van der Waals surface area (Å²) in [4.78, 5) is 37.4. The first kappa shape index (κ1) is 29.0. The van der Waals surface area contributed by atoms with Gasteiger partial charge in [0.15, 0.2) is 11.9 Å². The zero-order valence-corrected chi connectivity index (χ0v) is 22.1. The first-order valence-corrected chi connectivity index (χ1v) is 13.4. The number of esters is 1. The third-order valence-electron chi connectivity index (χ3n) is 5.84. The highest BCUT2D eigenvalue weighted by atomic mass is 31.2. The van der Waals surface area contributed by atoms with Gasteiger partial charge in [0.25, 0.3) is 0 Å². The van der Waals surface area contributed by atoms with E-state index in [1.807, 2.05) is 0 Å². The molecular formula is C23H33FN3O9P. The second-order valence-electron chi connectivity index (χ2n) is 9.50. The third kappa shape index (κ3) is 6.85. The van der Waals surface area contributed by atoms with Crippen molar-refractivity contribution in [3.8, 4) is 5.75 Å². The van der Waals surface area contributed by atoms with E-state index in [0.29, 0.717) is 0 Å². The molecule has 2 heterocycles. The number of nitrogens with one attached hydrogen (secondary N) is 2. The highest BCUT2D eigenvalue weighted by Crippen LogP contribution is 2.46. The van der Waals surface area contributed by atoms with E-state index >= 15 is 4.39 Å². The van der Waals surface area contributed by atoms with Crippen LogP contribution in [-0.2, 0) is 28.2 Å². The summed E-state index contributed by atoms with van der Waals surface area (Å²) in [6.45, 7) is 6.59. The molecule has 12 nitrogen and oxygen atoms in total. The molecule has 7 atom stereocenters. The minimum Gasteiger partial charge on any atom is -0.462 e. The fraction of sp³-hybridized carbons (Fsp3) is 0.609. The van der Waals surface area contributed by atoms with Gasteiger partial charge in [-0.25, -0.2) is 13.8 Å². The molecule has 0 aliphatic carbocycles. The Hall–Kier alpha value is -2.57. The molecule has 2 saturated heterocycles. The van der Waals surface area contributed by atoms with Crippen molar-refractivity contribution in [1.82, 2.24) is 15.3 Å². The molecule has 3 N–H and O–H groups in total. The van der Waals surface area contributed by atoms with Gasteiger partial charge in [-0.3, -0.25) is 24.3 Å². The van der Waals surface area contributed by atoms with Crippen molar-refractivity contribution in [3.05, 3.63) is 30.3 Å². The van der Waals surface area contributed by atoms with Crippen molar-refractivity contribution < 1.29 is 47.0 Å². The van der Waals surface area contributed by atoms with E-state index in [2.05, 4.69) is 10.4 Å². The number of carbonyl (C=O) groups excluding carboxylic acids is 3. The van der Waals surface area contributed by atoms with Crippen molar-refractivity contribution in [1.29, 1.82) is 0 Å². The van der Waals surface area contributed by atoms with E-state index in [1.165, 1.54) is 19.1 Å². The summed E-state index contributed by atoms with van der Waals surface area (Å²) < 4.78 is 51.0. The van der Waals surface area contributed by atoms with Crippen LogP contribution in [0.1, 0.15) is 34.6 Å². The second-order valence-corrected chi connectivity index (χ2v) is 11.2. The van der Waals surface area contributed by atoms with Crippen molar-refractivity contribution in [2.75, 3.05) is 13.2 Å². The van der Waals surface area contributed by atoms with Crippen LogP contribution in [0.2, 0.25) is 0 Å². The number of alkyl halides is 1. The summed E-state index contributed by atoms with van der Waals surface area (Å²) in [5, 5.41) is 15.3. The first-order valence-electron chi connectivity index (χ1n) is 11.8. The Balaban J connectivity index is 1.75. The van der Waals surface area contributed by atoms with Crippen LogP contribution in [0, 0.1) is 5.92 Å². The predicted octanol–water partition coefficient (Wildman–Crippen LogP) is 2.12. The van der Waals surface area contributed by atoms with E-state index in [1.54, 1.807) is 39.0 Å². The number of nitrogens with zero attached hydrogens (tertiary/aromatic N) is 1. The van der Waals surface area contributed by atoms with Crippen molar-refractivity contribution in [2.45, 2.75) is 70.9 Å². The molecule has 0 bridgehead atoms. The Bertz CT molecular complexity index is 1040. The first-order chi connectivity index (χ1) is 17.2. The Morgan fingerprint density at radius 1 is 1.32 bits per heavy atom. The smallest absolute Gasteiger partial charge is 0.459 e. The molecule has 2 aliphatic heterocycles. The zero-order valence-electron chi connectivity index (χ0n) is 21.3. The normalized spacial score (nSPS) is 30.5. The molecule has 37 heavy (non-hydrogen) atoms. The minimum absolute atomic E-state index is 0.123. The molecule has 2 aliphatic rings. The fourth-order valence-corrected chi connectivity index (χ4v) is 5.36. The van der Waals surface area contributed by atoms with Crippen LogP contribution >= 0.6 is 7.75 Å². The molecule has 0 radical (unpaired) electrons. The van der Waals surface area contributed by atoms with Crippen LogP contribution < -0.4 is 14.9 Å². The van der Waals surface area contributed by atoms with Crippen LogP contribution in [-0.4, -0.2) is 77.3 Å². The second kappa shape index (κ2) is 11.4. The van der Waals surface area contributed by atoms with Gasteiger partial charge in [0.2, 0.25) is 5.91 Å². The van der Waals surface area contributed by atoms with Gasteiger partial charge in [-0.2, -0.15) is 5.09 Å². The SMILES string of the molecule is CC(C)OC(=O)[C@H](C)NP(=O)(OC[C@H]1O[C@@H](N2CC(C)C(=O)NC2=O)[C@](C)(F)[C@@H]1O)Oc1ccccc1. The van der Waals surface area contributed by atoms with Crippen LogP contribution in [0.4, 0.5) is 9.18 Å². The lowest BCUT2D eigenvalue weighted by Crippen LogP contribution is -2.61. The standard InChI is InChI=1S/C23H33FN3O9P/c1-13(2)34-20(30)15(4)26-37(32,36-16-9-7-6-8-10-16)33-12-17-18(28)23(5,24)21(35-17)27-11-14(3)19(29)25-22(27)31/h6-10,13-15,17-18,21,28H,11-12H2,1-5H3,(H,26,32)(H,25,29,31)/t14?,15-,17+,18+,21+,23+,37?/m0/s1. The number of hydrogen-bond acceptors (Lipinski definition) is 9. The van der Waals surface area contributed by atoms with E-state index < -0.39 is 74.4 Å². The number of para-hydroxylation sites is 1. The van der Waals surface area contributed by atoms with Gasteiger partial charge in [-0.15, -0.1) is 0 Å². The van der Waals surface area contributed by atoms with Gasteiger partial charge < -0.3 is 19.1 Å². The Kier molecular flexibility index (Phi) is 8.97. The van der Waals surface area contributed by atoms with Crippen LogP contribution in [0.15, 0.2) is 30.3 Å². The molecule has 3 amide bonds. The largest absolute Gasteiger partial charge is 0.462 e. The summed E-state index contributed by atoms with van der Waals surface area (Å²) in [5.41, 5.74) is -2.45. The lowest BCUT2D eigenvalue weighted by Gasteiger charge is -2.38. The van der Waals surface area contributed by atoms with Gasteiger partial charge in [0, 0.05) is 6.54 Å². The molecule has 3 rings (SSSR count). The molecule has 1 aromatic rings. The van der Waals surface area contributed by atoms with Crippen LogP contribution in [0.3, 0.4) is 0 Å². The molecule has 2 unspecified atom stereocenters. The van der Waals surface area contributed by atoms with Crippen molar-refractivity contribution >= 4 is 25.7 Å². The van der Waals surface area contributed by atoms with Gasteiger partial charge in [0.05, 0.1) is 18.6 Å². The van der Waals surface area contributed by atoms with E-state index in [-0.39, 0.29) is 12.3 Å². The number of aliphatic hydroxyl groups excluding tert-OH is 1. The van der Waals surface area contributed by atoms with Gasteiger partial charge in [-0.05, 0) is 39.8 Å². The summed E-state index contributed by atoms with van der Waals surface area (Å²) >= 11 is 0. The maximum absolute atomic E-state index is 15.6. The highest BCUT2D eigenvalue weighted by molar-refractivity contribution is 7.52. The lowest BCUT2D eigenvalue weighted by molar-refractivity contribution is -0.149. The van der Waals surface area contributed by atoms with Gasteiger partial charge in [0.1, 0.15) is 24.0 Å². The number of halogens is 1. The molecule has 1 aromatic carbocycles. The van der Waals surface area contributed by atoms with Crippen LogP contribution in [0.25, 0.3) is 0 Å². The summed E-state index contributed by atoms with van der Waals surface area (Å²) in [5.74, 6) is -1.67. The minimum atomic E-state index is -4.30. The highest BCUT2D eigenvalue weighted by Gasteiger charge is 2.58. The van der Waals surface area contributed by atoms with Gasteiger partial charge in [-0.1, -0.05) is 25.1 Å². The van der Waals surface area contributed by atoms with E-state index in [0.717, 1.165) is 11.8 Å². The molecule has 0 saturated carbocycles. The maximum atomic E-state index is 15.6. The predicted molar refractivity (Wildman–Crippen MR) is 128 cm³/mol. The van der Waals surface area contributed by atoms with Gasteiger partial charge >= 0.3 is 19.7 Å². The number of imide groups is 1. The average Bonchev–Trinajstić information content (AvgIpc) is 3.03. The number of carbonyl (C=O) groups is 3. The molecule has 0 aromatic heterocycles.